The number of hydrogen-bond acceptors (Lipinski definition) is 4. The van der Waals surface area contributed by atoms with Crippen LogP contribution in [0.2, 0.25) is 0 Å². The van der Waals surface area contributed by atoms with Gasteiger partial charge >= 0.3 is 5.97 Å². The highest BCUT2D eigenvalue weighted by molar-refractivity contribution is 6.01. The molecule has 6 heteroatoms. The molecule has 0 aliphatic carbocycles. The van der Waals surface area contributed by atoms with Crippen LogP contribution in [0.4, 0.5) is 5.69 Å². The molecule has 0 unspecified atom stereocenters. The SMILES string of the molecule is O=C(O)CCN(CCN1C(=O)CCC1=O)c1ccccc1. The summed E-state index contributed by atoms with van der Waals surface area (Å²) in [5.41, 5.74) is 0.887. The van der Waals surface area contributed by atoms with E-state index in [2.05, 4.69) is 0 Å². The van der Waals surface area contributed by atoms with Crippen LogP contribution in [0.15, 0.2) is 30.3 Å². The van der Waals surface area contributed by atoms with Crippen molar-refractivity contribution < 1.29 is 19.5 Å². The maximum Gasteiger partial charge on any atom is 0.305 e. The van der Waals surface area contributed by atoms with Crippen LogP contribution in [0.1, 0.15) is 19.3 Å². The number of likely N-dealkylation sites (tertiary alicyclic amines) is 1. The first-order valence-electron chi connectivity index (χ1n) is 6.93. The van der Waals surface area contributed by atoms with Gasteiger partial charge in [-0.25, -0.2) is 0 Å². The first kappa shape index (κ1) is 15.0. The minimum Gasteiger partial charge on any atom is -0.481 e. The van der Waals surface area contributed by atoms with E-state index in [9.17, 15) is 14.4 Å². The van der Waals surface area contributed by atoms with Crippen molar-refractivity contribution in [3.8, 4) is 0 Å². The summed E-state index contributed by atoms with van der Waals surface area (Å²) in [6.07, 6.45) is 0.565. The summed E-state index contributed by atoms with van der Waals surface area (Å²) in [5, 5.41) is 8.83. The molecule has 1 fully saturated rings. The minimum absolute atomic E-state index is 0.0107. The van der Waals surface area contributed by atoms with E-state index in [4.69, 9.17) is 5.11 Å². The second-order valence-corrected chi connectivity index (χ2v) is 4.91. The summed E-state index contributed by atoms with van der Waals surface area (Å²) in [6.45, 7) is 1.08. The Balaban J connectivity index is 2.00. The number of hydrogen-bond donors (Lipinski definition) is 1. The molecule has 21 heavy (non-hydrogen) atoms. The number of aliphatic carboxylic acids is 1. The Morgan fingerprint density at radius 1 is 1.10 bits per heavy atom. The summed E-state index contributed by atoms with van der Waals surface area (Å²) in [5.74, 6) is -1.17. The second-order valence-electron chi connectivity index (χ2n) is 4.91. The van der Waals surface area contributed by atoms with Gasteiger partial charge in [-0.2, -0.15) is 0 Å². The van der Waals surface area contributed by atoms with Gasteiger partial charge in [0, 0.05) is 38.2 Å². The fourth-order valence-corrected chi connectivity index (χ4v) is 2.33. The third-order valence-corrected chi connectivity index (χ3v) is 3.47. The van der Waals surface area contributed by atoms with E-state index in [1.54, 1.807) is 0 Å². The number of anilines is 1. The van der Waals surface area contributed by atoms with E-state index in [0.29, 0.717) is 19.6 Å². The minimum atomic E-state index is -0.871. The lowest BCUT2D eigenvalue weighted by atomic mass is 10.2. The average Bonchev–Trinajstić information content (AvgIpc) is 2.79. The Morgan fingerprint density at radius 2 is 1.71 bits per heavy atom. The highest BCUT2D eigenvalue weighted by Crippen LogP contribution is 2.16. The fourth-order valence-electron chi connectivity index (χ4n) is 2.33. The number of carbonyl (C=O) groups excluding carboxylic acids is 2. The van der Waals surface area contributed by atoms with Gasteiger partial charge in [-0.1, -0.05) is 18.2 Å². The molecule has 2 amide bonds. The first-order chi connectivity index (χ1) is 10.1. The van der Waals surface area contributed by atoms with Crippen LogP contribution in [0.5, 0.6) is 0 Å². The Bertz CT molecular complexity index is 514. The monoisotopic (exact) mass is 290 g/mol. The molecule has 1 aliphatic heterocycles. The molecule has 1 saturated heterocycles. The average molecular weight is 290 g/mol. The fraction of sp³-hybridized carbons (Fsp3) is 0.400. The molecule has 1 heterocycles. The van der Waals surface area contributed by atoms with Gasteiger partial charge in [-0.3, -0.25) is 19.3 Å². The van der Waals surface area contributed by atoms with E-state index in [-0.39, 0.29) is 31.1 Å². The smallest absolute Gasteiger partial charge is 0.305 e. The molecule has 0 atom stereocenters. The normalized spacial score (nSPS) is 14.6. The van der Waals surface area contributed by atoms with Gasteiger partial charge in [0.2, 0.25) is 11.8 Å². The second kappa shape index (κ2) is 6.88. The maximum absolute atomic E-state index is 11.6. The van der Waals surface area contributed by atoms with Crippen molar-refractivity contribution >= 4 is 23.5 Å². The number of benzene rings is 1. The van der Waals surface area contributed by atoms with Crippen LogP contribution in [0.25, 0.3) is 0 Å². The maximum atomic E-state index is 11.6. The lowest BCUT2D eigenvalue weighted by molar-refractivity contribution is -0.139. The number of nitrogens with zero attached hydrogens (tertiary/aromatic N) is 2. The molecule has 0 saturated carbocycles. The number of amides is 2. The van der Waals surface area contributed by atoms with Crippen molar-refractivity contribution in [2.24, 2.45) is 0 Å². The first-order valence-corrected chi connectivity index (χ1v) is 6.93. The van der Waals surface area contributed by atoms with Crippen molar-refractivity contribution in [3.63, 3.8) is 0 Å². The zero-order valence-corrected chi connectivity index (χ0v) is 11.7. The molecule has 0 spiro atoms. The van der Waals surface area contributed by atoms with Crippen molar-refractivity contribution in [1.82, 2.24) is 4.90 Å². The number of rotatable bonds is 7. The molecule has 1 aromatic rings. The number of carboxylic acids is 1. The number of para-hydroxylation sites is 1. The topological polar surface area (TPSA) is 77.9 Å². The molecule has 1 aliphatic rings. The van der Waals surface area contributed by atoms with Gasteiger partial charge in [0.05, 0.1) is 6.42 Å². The highest BCUT2D eigenvalue weighted by atomic mass is 16.4. The molecule has 0 aromatic heterocycles. The Hall–Kier alpha value is -2.37. The number of carbonyl (C=O) groups is 3. The Labute approximate surface area is 123 Å². The van der Waals surface area contributed by atoms with Crippen LogP contribution in [0.3, 0.4) is 0 Å². The van der Waals surface area contributed by atoms with Gasteiger partial charge in [-0.05, 0) is 12.1 Å². The van der Waals surface area contributed by atoms with E-state index in [1.165, 1.54) is 4.90 Å². The summed E-state index contributed by atoms with van der Waals surface area (Å²) < 4.78 is 0. The molecular weight excluding hydrogens is 272 g/mol. The predicted molar refractivity (Wildman–Crippen MR) is 76.9 cm³/mol. The number of imide groups is 1. The van der Waals surface area contributed by atoms with Crippen molar-refractivity contribution in [2.45, 2.75) is 19.3 Å². The van der Waals surface area contributed by atoms with Crippen LogP contribution < -0.4 is 4.90 Å². The summed E-state index contributed by atoms with van der Waals surface area (Å²) >= 11 is 0. The Kier molecular flexibility index (Phi) is 4.92. The molecule has 112 valence electrons. The van der Waals surface area contributed by atoms with E-state index < -0.39 is 5.97 Å². The predicted octanol–water partition coefficient (Wildman–Crippen LogP) is 1.12. The van der Waals surface area contributed by atoms with Gasteiger partial charge in [0.25, 0.3) is 0 Å². The largest absolute Gasteiger partial charge is 0.481 e. The van der Waals surface area contributed by atoms with Crippen LogP contribution in [-0.2, 0) is 14.4 Å². The van der Waals surface area contributed by atoms with Crippen molar-refractivity contribution in [1.29, 1.82) is 0 Å². The van der Waals surface area contributed by atoms with Crippen LogP contribution in [0, 0.1) is 0 Å². The lowest BCUT2D eigenvalue weighted by Gasteiger charge is -2.26. The standard InChI is InChI=1S/C15H18N2O4/c18-13-6-7-14(19)17(13)11-10-16(9-8-15(20)21)12-4-2-1-3-5-12/h1-5H,6-11H2,(H,20,21). The van der Waals surface area contributed by atoms with E-state index >= 15 is 0 Å². The number of carboxylic acid groups (broad SMARTS) is 1. The van der Waals surface area contributed by atoms with Gasteiger partial charge in [0.1, 0.15) is 0 Å². The van der Waals surface area contributed by atoms with Crippen molar-refractivity contribution in [2.75, 3.05) is 24.5 Å². The zero-order chi connectivity index (χ0) is 15.2. The molecular formula is C15H18N2O4. The highest BCUT2D eigenvalue weighted by Gasteiger charge is 2.28. The molecule has 0 bridgehead atoms. The third-order valence-electron chi connectivity index (χ3n) is 3.47. The summed E-state index contributed by atoms with van der Waals surface area (Å²) in [6, 6.07) is 9.39. The zero-order valence-electron chi connectivity index (χ0n) is 11.7. The molecule has 1 aromatic carbocycles. The lowest BCUT2D eigenvalue weighted by Crippen LogP contribution is -2.38. The van der Waals surface area contributed by atoms with Crippen LogP contribution >= 0.6 is 0 Å². The Morgan fingerprint density at radius 3 is 2.29 bits per heavy atom. The molecule has 1 N–H and O–H groups in total. The third kappa shape index (κ3) is 4.05. The van der Waals surface area contributed by atoms with E-state index in [1.807, 2.05) is 35.2 Å². The van der Waals surface area contributed by atoms with Gasteiger partial charge < -0.3 is 10.0 Å². The quantitative estimate of drug-likeness (QED) is 0.761. The van der Waals surface area contributed by atoms with Crippen LogP contribution in [-0.4, -0.2) is 47.4 Å². The molecule has 6 nitrogen and oxygen atoms in total. The summed E-state index contributed by atoms with van der Waals surface area (Å²) in [7, 11) is 0. The van der Waals surface area contributed by atoms with Gasteiger partial charge in [0.15, 0.2) is 0 Å². The summed E-state index contributed by atoms with van der Waals surface area (Å²) in [4.78, 5) is 37.1. The van der Waals surface area contributed by atoms with E-state index in [0.717, 1.165) is 5.69 Å². The van der Waals surface area contributed by atoms with Crippen molar-refractivity contribution in [3.05, 3.63) is 30.3 Å². The molecule has 0 radical (unpaired) electrons. The molecule has 2 rings (SSSR count). The van der Waals surface area contributed by atoms with Gasteiger partial charge in [-0.15, -0.1) is 0 Å².